The molecular weight excluding hydrogens is 312 g/mol. The first kappa shape index (κ1) is 19.6. The summed E-state index contributed by atoms with van der Waals surface area (Å²) in [6, 6.07) is 7.51. The third kappa shape index (κ3) is 6.31. The molecule has 0 radical (unpaired) electrons. The molecule has 1 N–H and O–H groups in total. The summed E-state index contributed by atoms with van der Waals surface area (Å²) in [5.74, 6) is -0.185. The normalized spacial score (nSPS) is 12.4. The van der Waals surface area contributed by atoms with Gasteiger partial charge in [-0.05, 0) is 29.5 Å². The molecule has 0 aliphatic rings. The van der Waals surface area contributed by atoms with E-state index in [0.717, 1.165) is 6.42 Å². The predicted molar refractivity (Wildman–Crippen MR) is 94.2 cm³/mol. The Kier molecular flexibility index (Phi) is 6.77. The highest BCUT2D eigenvalue weighted by molar-refractivity contribution is 7.88. The Balaban J connectivity index is 2.60. The third-order valence-corrected chi connectivity index (χ3v) is 4.91. The number of rotatable bonds is 7. The topological polar surface area (TPSA) is 66.5 Å². The minimum absolute atomic E-state index is 0.0468. The van der Waals surface area contributed by atoms with E-state index < -0.39 is 10.0 Å². The molecule has 1 aromatic carbocycles. The zero-order chi connectivity index (χ0) is 17.7. The zero-order valence-electron chi connectivity index (χ0n) is 14.7. The van der Waals surface area contributed by atoms with Gasteiger partial charge in [-0.1, -0.05) is 39.8 Å². The van der Waals surface area contributed by atoms with Gasteiger partial charge >= 0.3 is 0 Å². The van der Waals surface area contributed by atoms with E-state index in [9.17, 15) is 13.2 Å². The highest BCUT2D eigenvalue weighted by atomic mass is 32.2. The van der Waals surface area contributed by atoms with Crippen LogP contribution in [0.2, 0.25) is 0 Å². The van der Waals surface area contributed by atoms with Crippen molar-refractivity contribution in [1.82, 2.24) is 9.62 Å². The van der Waals surface area contributed by atoms with Crippen molar-refractivity contribution < 1.29 is 13.2 Å². The van der Waals surface area contributed by atoms with Crippen molar-refractivity contribution in [1.29, 1.82) is 0 Å². The van der Waals surface area contributed by atoms with Gasteiger partial charge in [0.25, 0.3) is 5.91 Å². The molecule has 0 spiro atoms. The van der Waals surface area contributed by atoms with Crippen molar-refractivity contribution >= 4 is 15.9 Å². The average Bonchev–Trinajstić information content (AvgIpc) is 2.44. The van der Waals surface area contributed by atoms with Crippen LogP contribution in [0.5, 0.6) is 0 Å². The number of amides is 1. The van der Waals surface area contributed by atoms with Gasteiger partial charge in [-0.2, -0.15) is 0 Å². The summed E-state index contributed by atoms with van der Waals surface area (Å²) in [6.07, 6.45) is 1.94. The lowest BCUT2D eigenvalue weighted by Crippen LogP contribution is -2.38. The van der Waals surface area contributed by atoms with Crippen LogP contribution in [0, 0.1) is 0 Å². The Morgan fingerprint density at radius 1 is 1.13 bits per heavy atom. The van der Waals surface area contributed by atoms with Crippen LogP contribution >= 0.6 is 0 Å². The fraction of sp³-hybridized carbons (Fsp3) is 0.588. The molecule has 5 nitrogen and oxygen atoms in total. The fourth-order valence-electron chi connectivity index (χ4n) is 2.21. The second-order valence-electron chi connectivity index (χ2n) is 6.75. The standard InChI is InChI=1S/C17H28N2O3S/c1-6-12-19(23(5,21)22)13-11-18-16(20)14-7-9-15(10-8-14)17(2,3)4/h7-10H,6,11-13H2,1-5H3,(H,18,20). The molecule has 0 unspecified atom stereocenters. The third-order valence-electron chi connectivity index (χ3n) is 3.60. The number of carbonyl (C=O) groups excluding carboxylic acids is 1. The second kappa shape index (κ2) is 7.93. The minimum atomic E-state index is -3.23. The number of hydrogen-bond acceptors (Lipinski definition) is 3. The molecule has 1 amide bonds. The number of nitrogens with zero attached hydrogens (tertiary/aromatic N) is 1. The fourth-order valence-corrected chi connectivity index (χ4v) is 3.15. The summed E-state index contributed by atoms with van der Waals surface area (Å²) in [5, 5.41) is 2.77. The van der Waals surface area contributed by atoms with E-state index in [0.29, 0.717) is 25.2 Å². The van der Waals surface area contributed by atoms with Gasteiger partial charge in [-0.25, -0.2) is 12.7 Å². The van der Waals surface area contributed by atoms with Gasteiger partial charge in [0.1, 0.15) is 0 Å². The minimum Gasteiger partial charge on any atom is -0.351 e. The molecular formula is C17H28N2O3S. The van der Waals surface area contributed by atoms with E-state index in [-0.39, 0.29) is 11.3 Å². The lowest BCUT2D eigenvalue weighted by Gasteiger charge is -2.20. The maximum absolute atomic E-state index is 12.1. The molecule has 0 atom stereocenters. The van der Waals surface area contributed by atoms with Crippen LogP contribution in [0.25, 0.3) is 0 Å². The molecule has 1 aromatic rings. The first-order valence-electron chi connectivity index (χ1n) is 7.89. The van der Waals surface area contributed by atoms with Crippen LogP contribution in [-0.2, 0) is 15.4 Å². The van der Waals surface area contributed by atoms with E-state index in [2.05, 4.69) is 26.1 Å². The Morgan fingerprint density at radius 2 is 1.70 bits per heavy atom. The number of nitrogens with one attached hydrogen (secondary N) is 1. The van der Waals surface area contributed by atoms with E-state index in [1.165, 1.54) is 16.1 Å². The van der Waals surface area contributed by atoms with Crippen molar-refractivity contribution in [3.8, 4) is 0 Å². The van der Waals surface area contributed by atoms with Crippen LogP contribution in [0.4, 0.5) is 0 Å². The van der Waals surface area contributed by atoms with Crippen molar-refractivity contribution in [3.05, 3.63) is 35.4 Å². The highest BCUT2D eigenvalue weighted by Crippen LogP contribution is 2.22. The summed E-state index contributed by atoms with van der Waals surface area (Å²) in [4.78, 5) is 12.1. The number of benzene rings is 1. The van der Waals surface area contributed by atoms with Crippen LogP contribution in [0.1, 0.15) is 50.0 Å². The maximum atomic E-state index is 12.1. The Morgan fingerprint density at radius 3 is 2.13 bits per heavy atom. The summed E-state index contributed by atoms with van der Waals surface area (Å²) in [7, 11) is -3.23. The summed E-state index contributed by atoms with van der Waals surface area (Å²) in [5.41, 5.74) is 1.80. The SMILES string of the molecule is CCCN(CCNC(=O)c1ccc(C(C)(C)C)cc1)S(C)(=O)=O. The molecule has 0 bridgehead atoms. The molecule has 23 heavy (non-hydrogen) atoms. The lowest BCUT2D eigenvalue weighted by atomic mass is 9.87. The number of carbonyl (C=O) groups is 1. The van der Waals surface area contributed by atoms with Gasteiger partial charge in [0, 0.05) is 25.2 Å². The first-order chi connectivity index (χ1) is 10.6. The quantitative estimate of drug-likeness (QED) is 0.829. The van der Waals surface area contributed by atoms with Crippen LogP contribution in [0.3, 0.4) is 0 Å². The monoisotopic (exact) mass is 340 g/mol. The first-order valence-corrected chi connectivity index (χ1v) is 9.74. The maximum Gasteiger partial charge on any atom is 0.251 e. The van der Waals surface area contributed by atoms with Crippen molar-refractivity contribution in [3.63, 3.8) is 0 Å². The average molecular weight is 340 g/mol. The molecule has 0 aliphatic heterocycles. The molecule has 0 aliphatic carbocycles. The molecule has 0 saturated heterocycles. The summed E-state index contributed by atoms with van der Waals surface area (Å²) >= 11 is 0. The second-order valence-corrected chi connectivity index (χ2v) is 8.73. The van der Waals surface area contributed by atoms with Crippen molar-refractivity contribution in [2.75, 3.05) is 25.9 Å². The van der Waals surface area contributed by atoms with E-state index >= 15 is 0 Å². The number of hydrogen-bond donors (Lipinski definition) is 1. The molecule has 0 saturated carbocycles. The molecule has 130 valence electrons. The predicted octanol–water partition coefficient (Wildman–Crippen LogP) is 2.39. The van der Waals surface area contributed by atoms with Crippen LogP contribution in [-0.4, -0.2) is 44.5 Å². The van der Waals surface area contributed by atoms with Gasteiger partial charge in [0.2, 0.25) is 10.0 Å². The number of sulfonamides is 1. The van der Waals surface area contributed by atoms with Crippen LogP contribution < -0.4 is 5.32 Å². The molecule has 1 rings (SSSR count). The molecule has 0 heterocycles. The Labute approximate surface area is 140 Å². The zero-order valence-corrected chi connectivity index (χ0v) is 15.5. The summed E-state index contributed by atoms with van der Waals surface area (Å²) in [6.45, 7) is 9.34. The van der Waals surface area contributed by atoms with Crippen molar-refractivity contribution in [2.45, 2.75) is 39.5 Å². The molecule has 6 heteroatoms. The van der Waals surface area contributed by atoms with E-state index in [4.69, 9.17) is 0 Å². The summed E-state index contributed by atoms with van der Waals surface area (Å²) < 4.78 is 24.6. The van der Waals surface area contributed by atoms with Gasteiger partial charge in [0.05, 0.1) is 6.26 Å². The van der Waals surface area contributed by atoms with Gasteiger partial charge < -0.3 is 5.32 Å². The van der Waals surface area contributed by atoms with E-state index in [1.54, 1.807) is 12.1 Å². The van der Waals surface area contributed by atoms with Gasteiger partial charge in [-0.3, -0.25) is 4.79 Å². The molecule has 0 fully saturated rings. The van der Waals surface area contributed by atoms with Gasteiger partial charge in [0.15, 0.2) is 0 Å². The molecule has 0 aromatic heterocycles. The van der Waals surface area contributed by atoms with Gasteiger partial charge in [-0.15, -0.1) is 0 Å². The highest BCUT2D eigenvalue weighted by Gasteiger charge is 2.16. The largest absolute Gasteiger partial charge is 0.351 e. The van der Waals surface area contributed by atoms with E-state index in [1.807, 2.05) is 19.1 Å². The smallest absolute Gasteiger partial charge is 0.251 e. The Hall–Kier alpha value is -1.40. The lowest BCUT2D eigenvalue weighted by molar-refractivity contribution is 0.0951. The Bertz CT molecular complexity index is 616. The van der Waals surface area contributed by atoms with Crippen molar-refractivity contribution in [2.24, 2.45) is 0 Å². The van der Waals surface area contributed by atoms with Crippen LogP contribution in [0.15, 0.2) is 24.3 Å².